The summed E-state index contributed by atoms with van der Waals surface area (Å²) in [5.41, 5.74) is 0.302. The lowest BCUT2D eigenvalue weighted by molar-refractivity contribution is 0.102. The standard InChI is InChI=1S/C11H15N7OS/c1-7-13-11(20-16-7)14-10(19)9-6-18(17-15-9)8-2-4-12-5-3-8/h6,8,12H,2-5H2,1H3,(H,13,14,16,19). The fourth-order valence-corrected chi connectivity index (χ4v) is 2.71. The van der Waals surface area contributed by atoms with E-state index in [-0.39, 0.29) is 5.91 Å². The van der Waals surface area contributed by atoms with Gasteiger partial charge in [0.15, 0.2) is 5.69 Å². The number of carbonyl (C=O) groups excluding carboxylic acids is 1. The lowest BCUT2D eigenvalue weighted by Crippen LogP contribution is -2.29. The Labute approximate surface area is 119 Å². The fourth-order valence-electron chi connectivity index (χ4n) is 2.14. The van der Waals surface area contributed by atoms with Crippen LogP contribution in [-0.2, 0) is 0 Å². The Morgan fingerprint density at radius 2 is 2.30 bits per heavy atom. The molecule has 20 heavy (non-hydrogen) atoms. The number of aryl methyl sites for hydroxylation is 1. The van der Waals surface area contributed by atoms with Crippen molar-refractivity contribution in [2.45, 2.75) is 25.8 Å². The first-order valence-electron chi connectivity index (χ1n) is 6.46. The van der Waals surface area contributed by atoms with Gasteiger partial charge < -0.3 is 5.32 Å². The van der Waals surface area contributed by atoms with Gasteiger partial charge in [0.25, 0.3) is 5.91 Å². The third-order valence-electron chi connectivity index (χ3n) is 3.17. The molecule has 0 aromatic carbocycles. The van der Waals surface area contributed by atoms with Crippen molar-refractivity contribution in [3.05, 3.63) is 17.7 Å². The predicted octanol–water partition coefficient (Wildman–Crippen LogP) is 0.615. The fraction of sp³-hybridized carbons (Fsp3) is 0.545. The predicted molar refractivity (Wildman–Crippen MR) is 73.8 cm³/mol. The largest absolute Gasteiger partial charge is 0.317 e. The van der Waals surface area contributed by atoms with Gasteiger partial charge in [0.05, 0.1) is 12.2 Å². The van der Waals surface area contributed by atoms with Gasteiger partial charge in [0.1, 0.15) is 5.82 Å². The minimum atomic E-state index is -0.304. The summed E-state index contributed by atoms with van der Waals surface area (Å²) >= 11 is 1.15. The van der Waals surface area contributed by atoms with Gasteiger partial charge in [-0.1, -0.05) is 5.21 Å². The van der Waals surface area contributed by atoms with Crippen molar-refractivity contribution in [3.8, 4) is 0 Å². The summed E-state index contributed by atoms with van der Waals surface area (Å²) in [6.45, 7) is 3.71. The summed E-state index contributed by atoms with van der Waals surface area (Å²) in [5.74, 6) is 0.338. The lowest BCUT2D eigenvalue weighted by Gasteiger charge is -2.21. The molecule has 3 rings (SSSR count). The van der Waals surface area contributed by atoms with Gasteiger partial charge in [-0.3, -0.25) is 10.1 Å². The molecule has 0 saturated carbocycles. The lowest BCUT2D eigenvalue weighted by atomic mass is 10.1. The third kappa shape index (κ3) is 2.83. The molecule has 0 aliphatic carbocycles. The number of nitrogens with zero attached hydrogens (tertiary/aromatic N) is 5. The molecular weight excluding hydrogens is 278 g/mol. The zero-order chi connectivity index (χ0) is 13.9. The highest BCUT2D eigenvalue weighted by molar-refractivity contribution is 7.09. The first kappa shape index (κ1) is 13.1. The summed E-state index contributed by atoms with van der Waals surface area (Å²) in [4.78, 5) is 16.1. The smallest absolute Gasteiger partial charge is 0.279 e. The maximum Gasteiger partial charge on any atom is 0.279 e. The second kappa shape index (κ2) is 5.63. The van der Waals surface area contributed by atoms with Crippen LogP contribution >= 0.6 is 11.5 Å². The summed E-state index contributed by atoms with van der Waals surface area (Å²) in [6, 6.07) is 0.314. The van der Waals surface area contributed by atoms with Crippen LogP contribution in [0.5, 0.6) is 0 Å². The van der Waals surface area contributed by atoms with E-state index in [0.717, 1.165) is 37.5 Å². The Hall–Kier alpha value is -1.87. The molecule has 3 heterocycles. The molecule has 1 fully saturated rings. The van der Waals surface area contributed by atoms with Crippen molar-refractivity contribution in [1.82, 2.24) is 29.7 Å². The maximum atomic E-state index is 12.0. The molecule has 1 aliphatic rings. The van der Waals surface area contributed by atoms with Crippen LogP contribution in [0.2, 0.25) is 0 Å². The van der Waals surface area contributed by atoms with Crippen molar-refractivity contribution < 1.29 is 4.79 Å². The van der Waals surface area contributed by atoms with Gasteiger partial charge in [0.2, 0.25) is 5.13 Å². The molecular formula is C11H15N7OS. The number of aromatic nitrogens is 5. The van der Waals surface area contributed by atoms with E-state index in [2.05, 4.69) is 30.3 Å². The van der Waals surface area contributed by atoms with Crippen LogP contribution in [0, 0.1) is 6.92 Å². The van der Waals surface area contributed by atoms with Gasteiger partial charge in [-0.15, -0.1) is 5.10 Å². The average molecular weight is 293 g/mol. The van der Waals surface area contributed by atoms with Crippen molar-refractivity contribution in [2.75, 3.05) is 18.4 Å². The molecule has 1 saturated heterocycles. The number of rotatable bonds is 3. The Balaban J connectivity index is 1.67. The monoisotopic (exact) mass is 293 g/mol. The van der Waals surface area contributed by atoms with E-state index in [1.54, 1.807) is 17.8 Å². The molecule has 0 unspecified atom stereocenters. The third-order valence-corrected chi connectivity index (χ3v) is 3.90. The molecule has 1 amide bonds. The molecule has 2 aromatic rings. The van der Waals surface area contributed by atoms with Gasteiger partial charge in [-0.05, 0) is 32.9 Å². The second-order valence-corrected chi connectivity index (χ2v) is 5.42. The minimum Gasteiger partial charge on any atom is -0.317 e. The van der Waals surface area contributed by atoms with Gasteiger partial charge in [0, 0.05) is 11.5 Å². The minimum absolute atomic E-state index is 0.302. The maximum absolute atomic E-state index is 12.0. The SMILES string of the molecule is Cc1nsc(NC(=O)c2cn(C3CCNCC3)nn2)n1. The highest BCUT2D eigenvalue weighted by atomic mass is 32.1. The zero-order valence-corrected chi connectivity index (χ0v) is 11.9. The van der Waals surface area contributed by atoms with Crippen LogP contribution in [0.3, 0.4) is 0 Å². The van der Waals surface area contributed by atoms with E-state index in [9.17, 15) is 4.79 Å². The molecule has 0 atom stereocenters. The summed E-state index contributed by atoms with van der Waals surface area (Å²) < 4.78 is 5.79. The Morgan fingerprint density at radius 3 is 3.00 bits per heavy atom. The summed E-state index contributed by atoms with van der Waals surface area (Å²) in [5, 5.41) is 14.4. The number of hydrogen-bond acceptors (Lipinski definition) is 7. The number of nitrogens with one attached hydrogen (secondary N) is 2. The summed E-state index contributed by atoms with van der Waals surface area (Å²) in [7, 11) is 0. The molecule has 2 N–H and O–H groups in total. The van der Waals surface area contributed by atoms with Crippen LogP contribution in [0.1, 0.15) is 35.2 Å². The van der Waals surface area contributed by atoms with Gasteiger partial charge >= 0.3 is 0 Å². The van der Waals surface area contributed by atoms with Crippen molar-refractivity contribution in [2.24, 2.45) is 0 Å². The summed E-state index contributed by atoms with van der Waals surface area (Å²) in [6.07, 6.45) is 3.69. The number of anilines is 1. The van der Waals surface area contributed by atoms with E-state index >= 15 is 0 Å². The average Bonchev–Trinajstić information content (AvgIpc) is 3.09. The molecule has 106 valence electrons. The first-order valence-corrected chi connectivity index (χ1v) is 7.24. The number of amides is 1. The molecule has 1 aliphatic heterocycles. The van der Waals surface area contributed by atoms with Crippen LogP contribution < -0.4 is 10.6 Å². The van der Waals surface area contributed by atoms with Gasteiger partial charge in [-0.25, -0.2) is 9.67 Å². The quantitative estimate of drug-likeness (QED) is 0.860. The van der Waals surface area contributed by atoms with Crippen LogP contribution in [-0.4, -0.2) is 43.3 Å². The van der Waals surface area contributed by atoms with E-state index in [1.807, 2.05) is 0 Å². The Kier molecular flexibility index (Phi) is 3.70. The first-order chi connectivity index (χ1) is 9.72. The number of hydrogen-bond donors (Lipinski definition) is 2. The van der Waals surface area contributed by atoms with E-state index < -0.39 is 0 Å². The van der Waals surface area contributed by atoms with Crippen molar-refractivity contribution in [1.29, 1.82) is 0 Å². The molecule has 0 bridgehead atoms. The van der Waals surface area contributed by atoms with Crippen LogP contribution in [0.4, 0.5) is 5.13 Å². The van der Waals surface area contributed by atoms with Crippen LogP contribution in [0.25, 0.3) is 0 Å². The van der Waals surface area contributed by atoms with Crippen molar-refractivity contribution >= 4 is 22.6 Å². The van der Waals surface area contributed by atoms with E-state index in [1.165, 1.54) is 0 Å². The number of piperidine rings is 1. The Bertz CT molecular complexity index is 601. The highest BCUT2D eigenvalue weighted by Gasteiger charge is 2.19. The normalized spacial score (nSPS) is 16.2. The van der Waals surface area contributed by atoms with Crippen LogP contribution in [0.15, 0.2) is 6.20 Å². The number of carbonyl (C=O) groups is 1. The van der Waals surface area contributed by atoms with E-state index in [0.29, 0.717) is 22.7 Å². The topological polar surface area (TPSA) is 97.6 Å². The molecule has 2 aromatic heterocycles. The van der Waals surface area contributed by atoms with Crippen molar-refractivity contribution in [3.63, 3.8) is 0 Å². The molecule has 8 nitrogen and oxygen atoms in total. The zero-order valence-electron chi connectivity index (χ0n) is 11.0. The molecule has 0 radical (unpaired) electrons. The Morgan fingerprint density at radius 1 is 1.50 bits per heavy atom. The molecule has 0 spiro atoms. The second-order valence-electron chi connectivity index (χ2n) is 4.67. The van der Waals surface area contributed by atoms with Gasteiger partial charge in [-0.2, -0.15) is 4.37 Å². The van der Waals surface area contributed by atoms with E-state index in [4.69, 9.17) is 0 Å². The highest BCUT2D eigenvalue weighted by Crippen LogP contribution is 2.17. The molecule has 9 heteroatoms.